The van der Waals surface area contributed by atoms with E-state index >= 15 is 0 Å². The third-order valence-electron chi connectivity index (χ3n) is 3.40. The molecule has 1 aromatic rings. The number of hydrogen-bond acceptors (Lipinski definition) is 3. The topological polar surface area (TPSA) is 38.3 Å². The van der Waals surface area contributed by atoms with Gasteiger partial charge in [-0.2, -0.15) is 0 Å². The van der Waals surface area contributed by atoms with Crippen molar-refractivity contribution in [3.05, 3.63) is 30.3 Å². The van der Waals surface area contributed by atoms with E-state index in [1.54, 1.807) is 0 Å². The first-order valence-electron chi connectivity index (χ1n) is 6.78. The number of rotatable bonds is 6. The monoisotopic (exact) mass is 263 g/mol. The Morgan fingerprint density at radius 2 is 1.84 bits per heavy atom. The van der Waals surface area contributed by atoms with Crippen LogP contribution in [0.1, 0.15) is 34.1 Å². The minimum atomic E-state index is -0.561. The van der Waals surface area contributed by atoms with E-state index in [9.17, 15) is 4.79 Å². The smallest absolute Gasteiger partial charge is 0.313 e. The van der Waals surface area contributed by atoms with Crippen LogP contribution in [0.3, 0.4) is 0 Å². The van der Waals surface area contributed by atoms with Gasteiger partial charge in [-0.25, -0.2) is 0 Å². The molecule has 3 heteroatoms. The molecule has 0 saturated heterocycles. The van der Waals surface area contributed by atoms with Crippen LogP contribution in [0, 0.1) is 11.3 Å². The largest absolute Gasteiger partial charge is 0.469 e. The molecule has 0 aliphatic heterocycles. The molecule has 0 fully saturated rings. The average Bonchev–Trinajstić information content (AvgIpc) is 2.37. The number of esters is 1. The van der Waals surface area contributed by atoms with E-state index < -0.39 is 5.41 Å². The predicted octanol–water partition coefficient (Wildman–Crippen LogP) is 3.71. The van der Waals surface area contributed by atoms with E-state index in [2.05, 4.69) is 19.2 Å². The molecule has 0 radical (unpaired) electrons. The van der Waals surface area contributed by atoms with Crippen molar-refractivity contribution in [2.75, 3.05) is 12.4 Å². The molecule has 0 aromatic heterocycles. The van der Waals surface area contributed by atoms with Crippen molar-refractivity contribution in [1.82, 2.24) is 0 Å². The Morgan fingerprint density at radius 1 is 1.26 bits per heavy atom. The highest BCUT2D eigenvalue weighted by Crippen LogP contribution is 2.30. The highest BCUT2D eigenvalue weighted by Gasteiger charge is 2.38. The molecule has 0 heterocycles. The zero-order chi connectivity index (χ0) is 14.5. The number of anilines is 1. The fourth-order valence-electron chi connectivity index (χ4n) is 2.15. The van der Waals surface area contributed by atoms with Crippen LogP contribution in [-0.4, -0.2) is 19.1 Å². The summed E-state index contributed by atoms with van der Waals surface area (Å²) in [6, 6.07) is 10.0. The molecule has 0 aliphatic carbocycles. The summed E-state index contributed by atoms with van der Waals surface area (Å²) in [5, 5.41) is 3.46. The van der Waals surface area contributed by atoms with Gasteiger partial charge in [0.15, 0.2) is 0 Å². The lowest BCUT2D eigenvalue weighted by molar-refractivity contribution is -0.151. The van der Waals surface area contributed by atoms with E-state index in [4.69, 9.17) is 4.74 Å². The average molecular weight is 263 g/mol. The highest BCUT2D eigenvalue weighted by molar-refractivity contribution is 5.77. The van der Waals surface area contributed by atoms with Gasteiger partial charge in [-0.05, 0) is 38.3 Å². The van der Waals surface area contributed by atoms with Gasteiger partial charge in [-0.1, -0.05) is 32.0 Å². The van der Waals surface area contributed by atoms with Crippen LogP contribution in [0.5, 0.6) is 0 Å². The summed E-state index contributed by atoms with van der Waals surface area (Å²) in [4.78, 5) is 12.0. The number of benzene rings is 1. The molecule has 1 aromatic carbocycles. The van der Waals surface area contributed by atoms with Crippen LogP contribution >= 0.6 is 0 Å². The van der Waals surface area contributed by atoms with E-state index in [0.29, 0.717) is 5.92 Å². The van der Waals surface area contributed by atoms with Gasteiger partial charge in [0, 0.05) is 11.7 Å². The summed E-state index contributed by atoms with van der Waals surface area (Å²) >= 11 is 0. The van der Waals surface area contributed by atoms with Gasteiger partial charge in [0.25, 0.3) is 0 Å². The third-order valence-corrected chi connectivity index (χ3v) is 3.40. The number of nitrogens with one attached hydrogen (secondary N) is 1. The Labute approximate surface area is 116 Å². The van der Waals surface area contributed by atoms with Crippen molar-refractivity contribution in [3.63, 3.8) is 0 Å². The van der Waals surface area contributed by atoms with Crippen LogP contribution in [0.4, 0.5) is 5.69 Å². The summed E-state index contributed by atoms with van der Waals surface area (Å²) in [6.07, 6.45) is 0.914. The maximum atomic E-state index is 12.0. The van der Waals surface area contributed by atoms with Gasteiger partial charge in [-0.15, -0.1) is 0 Å². The maximum absolute atomic E-state index is 12.0. The first-order chi connectivity index (χ1) is 8.87. The number of ether oxygens (including phenoxy) is 1. The van der Waals surface area contributed by atoms with Gasteiger partial charge in [-0.3, -0.25) is 4.79 Å². The number of carbonyl (C=O) groups excluding carboxylic acids is 1. The van der Waals surface area contributed by atoms with Crippen molar-refractivity contribution >= 4 is 11.7 Å². The second-order valence-electron chi connectivity index (χ2n) is 5.91. The van der Waals surface area contributed by atoms with E-state index in [0.717, 1.165) is 12.1 Å². The Morgan fingerprint density at radius 3 is 2.32 bits per heavy atom. The standard InChI is InChI=1S/C16H25NO2/c1-12(2)11-14(16(3,4)15(18)19-5)17-13-9-7-6-8-10-13/h6-10,12,14,17H,11H2,1-5H3. The molecular weight excluding hydrogens is 238 g/mol. The number of para-hydroxylation sites is 1. The molecule has 1 atom stereocenters. The third kappa shape index (κ3) is 4.27. The fourth-order valence-corrected chi connectivity index (χ4v) is 2.15. The molecule has 1 rings (SSSR count). The van der Waals surface area contributed by atoms with Crippen molar-refractivity contribution in [1.29, 1.82) is 0 Å². The van der Waals surface area contributed by atoms with Gasteiger partial charge in [0.05, 0.1) is 12.5 Å². The van der Waals surface area contributed by atoms with Crippen LogP contribution in [0.2, 0.25) is 0 Å². The summed E-state index contributed by atoms with van der Waals surface area (Å²) < 4.78 is 4.94. The van der Waals surface area contributed by atoms with E-state index in [-0.39, 0.29) is 12.0 Å². The molecule has 0 bridgehead atoms. The number of carbonyl (C=O) groups is 1. The molecule has 19 heavy (non-hydrogen) atoms. The van der Waals surface area contributed by atoms with Gasteiger partial charge in [0.2, 0.25) is 0 Å². The summed E-state index contributed by atoms with van der Waals surface area (Å²) in [6.45, 7) is 8.18. The second kappa shape index (κ2) is 6.60. The minimum absolute atomic E-state index is 0.0438. The molecule has 1 unspecified atom stereocenters. The summed E-state index contributed by atoms with van der Waals surface area (Å²) in [5.41, 5.74) is 0.472. The first-order valence-corrected chi connectivity index (χ1v) is 6.78. The Bertz CT molecular complexity index is 398. The maximum Gasteiger partial charge on any atom is 0.313 e. The zero-order valence-electron chi connectivity index (χ0n) is 12.6. The molecule has 106 valence electrons. The molecule has 0 saturated carbocycles. The fraction of sp³-hybridized carbons (Fsp3) is 0.562. The molecular formula is C16H25NO2. The molecule has 1 N–H and O–H groups in total. The van der Waals surface area contributed by atoms with E-state index in [1.165, 1.54) is 7.11 Å². The molecule has 0 aliphatic rings. The lowest BCUT2D eigenvalue weighted by Gasteiger charge is -2.34. The van der Waals surface area contributed by atoms with Gasteiger partial charge < -0.3 is 10.1 Å². The Kier molecular flexibility index (Phi) is 5.40. The number of methoxy groups -OCH3 is 1. The summed E-state index contributed by atoms with van der Waals surface area (Å²) in [5.74, 6) is 0.326. The quantitative estimate of drug-likeness (QED) is 0.795. The van der Waals surface area contributed by atoms with Crippen LogP contribution in [0.25, 0.3) is 0 Å². The van der Waals surface area contributed by atoms with Gasteiger partial charge >= 0.3 is 5.97 Å². The van der Waals surface area contributed by atoms with Crippen molar-refractivity contribution in [2.24, 2.45) is 11.3 Å². The minimum Gasteiger partial charge on any atom is -0.469 e. The zero-order valence-corrected chi connectivity index (χ0v) is 12.6. The lowest BCUT2D eigenvalue weighted by atomic mass is 9.80. The molecule has 0 amide bonds. The van der Waals surface area contributed by atoms with Crippen molar-refractivity contribution in [3.8, 4) is 0 Å². The summed E-state index contributed by atoms with van der Waals surface area (Å²) in [7, 11) is 1.44. The Hall–Kier alpha value is -1.51. The van der Waals surface area contributed by atoms with E-state index in [1.807, 2.05) is 44.2 Å². The normalized spacial score (nSPS) is 13.2. The first kappa shape index (κ1) is 15.5. The Balaban J connectivity index is 2.91. The van der Waals surface area contributed by atoms with Crippen molar-refractivity contribution < 1.29 is 9.53 Å². The SMILES string of the molecule is COC(=O)C(C)(C)C(CC(C)C)Nc1ccccc1. The molecule has 3 nitrogen and oxygen atoms in total. The van der Waals surface area contributed by atoms with Gasteiger partial charge in [0.1, 0.15) is 0 Å². The second-order valence-corrected chi connectivity index (χ2v) is 5.91. The van der Waals surface area contributed by atoms with Crippen molar-refractivity contribution in [2.45, 2.75) is 40.2 Å². The number of hydrogen-bond donors (Lipinski definition) is 1. The predicted molar refractivity (Wildman–Crippen MR) is 79.1 cm³/mol. The lowest BCUT2D eigenvalue weighted by Crippen LogP contribution is -2.43. The van der Waals surface area contributed by atoms with Crippen LogP contribution in [-0.2, 0) is 9.53 Å². The van der Waals surface area contributed by atoms with Crippen LogP contribution < -0.4 is 5.32 Å². The highest BCUT2D eigenvalue weighted by atomic mass is 16.5. The molecule has 0 spiro atoms. The van der Waals surface area contributed by atoms with Crippen LogP contribution in [0.15, 0.2) is 30.3 Å².